The fourth-order valence-corrected chi connectivity index (χ4v) is 4.40. The third-order valence-electron chi connectivity index (χ3n) is 6.61. The van der Waals surface area contributed by atoms with Crippen LogP contribution in [-0.2, 0) is 0 Å². The molecule has 0 bridgehead atoms. The lowest BCUT2D eigenvalue weighted by atomic mass is 10.1. The van der Waals surface area contributed by atoms with Gasteiger partial charge in [-0.3, -0.25) is 14.4 Å². The summed E-state index contributed by atoms with van der Waals surface area (Å²) in [5, 5.41) is 18.7. The number of hydrogen-bond donors (Lipinski definition) is 5. The van der Waals surface area contributed by atoms with E-state index in [0.29, 0.717) is 34.6 Å². The molecule has 9 heteroatoms. The van der Waals surface area contributed by atoms with Crippen molar-refractivity contribution in [2.24, 2.45) is 0 Å². The molecule has 4 aromatic rings. The van der Waals surface area contributed by atoms with E-state index in [1.54, 1.807) is 24.3 Å². The van der Waals surface area contributed by atoms with Crippen LogP contribution in [0.2, 0.25) is 0 Å². The van der Waals surface area contributed by atoms with Gasteiger partial charge in [-0.15, -0.1) is 0 Å². The lowest BCUT2D eigenvalue weighted by Gasteiger charge is -2.31. The van der Waals surface area contributed by atoms with Gasteiger partial charge in [0.1, 0.15) is 5.69 Å². The predicted octanol–water partition coefficient (Wildman–Crippen LogP) is 5.04. The van der Waals surface area contributed by atoms with Gasteiger partial charge >= 0.3 is 0 Å². The summed E-state index contributed by atoms with van der Waals surface area (Å²) in [5.41, 5.74) is 5.25. The van der Waals surface area contributed by atoms with E-state index in [-0.39, 0.29) is 17.9 Å². The Morgan fingerprint density at radius 3 is 1.82 bits per heavy atom. The number of aromatic amines is 1. The summed E-state index contributed by atoms with van der Waals surface area (Å²) in [6.45, 7) is 1.62. The Morgan fingerprint density at radius 1 is 0.744 bits per heavy atom. The van der Waals surface area contributed by atoms with Gasteiger partial charge in [-0.1, -0.05) is 0 Å². The molecular formula is C30H29N5O4. The maximum atomic E-state index is 12.7. The minimum atomic E-state index is -0.333. The zero-order chi connectivity index (χ0) is 27.2. The van der Waals surface area contributed by atoms with Gasteiger partial charge in [0.05, 0.1) is 11.8 Å². The summed E-state index contributed by atoms with van der Waals surface area (Å²) >= 11 is 0. The molecule has 1 saturated heterocycles. The lowest BCUT2D eigenvalue weighted by Crippen LogP contribution is -2.35. The molecule has 39 heavy (non-hydrogen) atoms. The number of amides is 2. The molecule has 5 rings (SSSR count). The zero-order valence-electron chi connectivity index (χ0n) is 21.2. The van der Waals surface area contributed by atoms with Gasteiger partial charge in [-0.05, 0) is 97.8 Å². The van der Waals surface area contributed by atoms with Crippen molar-refractivity contribution in [1.29, 1.82) is 0 Å². The first-order valence-electron chi connectivity index (χ1n) is 12.7. The normalized spacial score (nSPS) is 13.5. The molecule has 9 nitrogen and oxygen atoms in total. The van der Waals surface area contributed by atoms with Crippen LogP contribution in [0.5, 0.6) is 0 Å². The van der Waals surface area contributed by atoms with E-state index in [1.165, 1.54) is 0 Å². The Labute approximate surface area is 225 Å². The highest BCUT2D eigenvalue weighted by Gasteiger charge is 2.17. The van der Waals surface area contributed by atoms with E-state index in [9.17, 15) is 19.5 Å². The van der Waals surface area contributed by atoms with Crippen LogP contribution in [0, 0.1) is 0 Å². The van der Waals surface area contributed by atoms with Crippen molar-refractivity contribution in [3.05, 3.63) is 102 Å². The molecule has 2 heterocycles. The van der Waals surface area contributed by atoms with Gasteiger partial charge in [0.2, 0.25) is 0 Å². The number of benzene rings is 3. The van der Waals surface area contributed by atoms with Crippen LogP contribution >= 0.6 is 0 Å². The summed E-state index contributed by atoms with van der Waals surface area (Å²) in [4.78, 5) is 40.8. The fourth-order valence-electron chi connectivity index (χ4n) is 4.40. The molecule has 1 aliphatic rings. The number of carbonyl (C=O) groups excluding carboxylic acids is 3. The number of aliphatic hydroxyl groups is 1. The van der Waals surface area contributed by atoms with Gasteiger partial charge in [0.15, 0.2) is 6.29 Å². The highest BCUT2D eigenvalue weighted by molar-refractivity contribution is 6.05. The van der Waals surface area contributed by atoms with E-state index in [4.69, 9.17) is 0 Å². The topological polar surface area (TPSA) is 127 Å². The monoisotopic (exact) mass is 523 g/mol. The smallest absolute Gasteiger partial charge is 0.272 e. The second-order valence-corrected chi connectivity index (χ2v) is 9.40. The Bertz CT molecular complexity index is 1440. The minimum absolute atomic E-state index is 0.185. The molecule has 0 aliphatic carbocycles. The molecule has 198 valence electrons. The lowest BCUT2D eigenvalue weighted by molar-refractivity contribution is 0.101. The molecule has 1 fully saturated rings. The van der Waals surface area contributed by atoms with Crippen LogP contribution in [0.15, 0.2) is 84.9 Å². The van der Waals surface area contributed by atoms with Gasteiger partial charge in [-0.2, -0.15) is 0 Å². The van der Waals surface area contributed by atoms with Gasteiger partial charge in [0, 0.05) is 47.1 Å². The van der Waals surface area contributed by atoms with Gasteiger partial charge in [0.25, 0.3) is 11.8 Å². The number of piperidine rings is 1. The maximum Gasteiger partial charge on any atom is 0.272 e. The number of hydrogen-bond acceptors (Lipinski definition) is 6. The zero-order valence-corrected chi connectivity index (χ0v) is 21.2. The molecular weight excluding hydrogens is 494 g/mol. The Hall–Kier alpha value is -4.89. The van der Waals surface area contributed by atoms with Crippen molar-refractivity contribution in [3.63, 3.8) is 0 Å². The molecule has 0 spiro atoms. The van der Waals surface area contributed by atoms with Crippen molar-refractivity contribution in [2.45, 2.75) is 18.9 Å². The first-order chi connectivity index (χ1) is 19.0. The number of H-pyrrole nitrogens is 1. The molecule has 3 aromatic carbocycles. The molecule has 5 N–H and O–H groups in total. The van der Waals surface area contributed by atoms with E-state index in [2.05, 4.69) is 25.8 Å². The van der Waals surface area contributed by atoms with Crippen LogP contribution in [0.3, 0.4) is 0 Å². The molecule has 0 atom stereocenters. The van der Waals surface area contributed by atoms with Crippen molar-refractivity contribution in [2.75, 3.05) is 33.9 Å². The van der Waals surface area contributed by atoms with Crippen molar-refractivity contribution in [1.82, 2.24) is 4.98 Å². The average molecular weight is 524 g/mol. The highest BCUT2D eigenvalue weighted by atomic mass is 16.3. The van der Waals surface area contributed by atoms with Crippen LogP contribution in [0.4, 0.5) is 28.4 Å². The van der Waals surface area contributed by atoms with Crippen LogP contribution in [0.1, 0.15) is 44.2 Å². The molecule has 0 saturated carbocycles. The number of rotatable bonds is 8. The predicted molar refractivity (Wildman–Crippen MR) is 152 cm³/mol. The first kappa shape index (κ1) is 25.7. The quantitative estimate of drug-likeness (QED) is 0.206. The van der Waals surface area contributed by atoms with Crippen molar-refractivity contribution < 1.29 is 19.5 Å². The molecule has 2 amide bonds. The summed E-state index contributed by atoms with van der Waals surface area (Å²) in [7, 11) is 0. The average Bonchev–Trinajstić information content (AvgIpc) is 3.45. The number of nitrogens with one attached hydrogen (secondary N) is 4. The summed E-state index contributed by atoms with van der Waals surface area (Å²) in [5.74, 6) is -0.518. The Kier molecular flexibility index (Phi) is 7.70. The fraction of sp³-hybridized carbons (Fsp3) is 0.167. The van der Waals surface area contributed by atoms with Gasteiger partial charge in [-0.25, -0.2) is 0 Å². The molecule has 1 aromatic heterocycles. The summed E-state index contributed by atoms with van der Waals surface area (Å²) < 4.78 is 0. The Morgan fingerprint density at radius 2 is 1.28 bits per heavy atom. The number of anilines is 5. The van der Waals surface area contributed by atoms with Crippen molar-refractivity contribution in [3.8, 4) is 0 Å². The third-order valence-corrected chi connectivity index (χ3v) is 6.61. The van der Waals surface area contributed by atoms with Crippen LogP contribution < -0.4 is 20.9 Å². The van der Waals surface area contributed by atoms with E-state index in [1.807, 2.05) is 60.7 Å². The maximum absolute atomic E-state index is 12.7. The molecule has 0 unspecified atom stereocenters. The minimum Gasteiger partial charge on any atom is -0.393 e. The highest BCUT2D eigenvalue weighted by Crippen LogP contribution is 2.23. The summed E-state index contributed by atoms with van der Waals surface area (Å²) in [6, 6.07) is 25.3. The Balaban J connectivity index is 1.12. The number of aliphatic hydroxyl groups excluding tert-OH is 1. The standard InChI is InChI=1S/C30H29N5O4/c36-19-25-11-14-28(32-25)30(39)34-24-9-5-22(6-10-24)31-21-3-7-23(8-4-21)33-29(38)20-1-12-26(13-2-20)35-17-15-27(37)16-18-35/h1-14,19,27,31-32,37H,15-18H2,(H,33,38)(H,34,39). The third kappa shape index (κ3) is 6.52. The van der Waals surface area contributed by atoms with Crippen molar-refractivity contribution >= 4 is 46.5 Å². The number of aldehydes is 1. The van der Waals surface area contributed by atoms with E-state index in [0.717, 1.165) is 43.0 Å². The van der Waals surface area contributed by atoms with E-state index < -0.39 is 0 Å². The molecule has 0 radical (unpaired) electrons. The van der Waals surface area contributed by atoms with E-state index >= 15 is 0 Å². The van der Waals surface area contributed by atoms with Crippen LogP contribution in [-0.4, -0.2) is 47.4 Å². The SMILES string of the molecule is O=Cc1ccc(C(=O)Nc2ccc(Nc3ccc(NC(=O)c4ccc(N5CCC(O)CC5)cc4)cc3)cc2)[nH]1. The molecule has 1 aliphatic heterocycles. The number of carbonyl (C=O) groups is 3. The largest absolute Gasteiger partial charge is 0.393 e. The number of aromatic nitrogens is 1. The first-order valence-corrected chi connectivity index (χ1v) is 12.7. The number of nitrogens with zero attached hydrogens (tertiary/aromatic N) is 1. The van der Waals surface area contributed by atoms with Gasteiger partial charge < -0.3 is 30.9 Å². The summed E-state index contributed by atoms with van der Waals surface area (Å²) in [6.07, 6.45) is 1.95. The second-order valence-electron chi connectivity index (χ2n) is 9.40. The van der Waals surface area contributed by atoms with Crippen LogP contribution in [0.25, 0.3) is 0 Å². The second kappa shape index (κ2) is 11.7.